The van der Waals surface area contributed by atoms with Crippen molar-refractivity contribution in [1.82, 2.24) is 0 Å². The molecule has 0 aliphatic carbocycles. The number of ketones is 1. The average molecular weight is 387 g/mol. The molecule has 0 bridgehead atoms. The van der Waals surface area contributed by atoms with Crippen molar-refractivity contribution in [3.8, 4) is 0 Å². The van der Waals surface area contributed by atoms with E-state index >= 15 is 0 Å². The van der Waals surface area contributed by atoms with Gasteiger partial charge in [0.2, 0.25) is 0 Å². The minimum Gasteiger partial charge on any atom is -0.367 e. The molecule has 2 nitrogen and oxygen atoms in total. The Morgan fingerprint density at radius 3 is 2.37 bits per heavy atom. The second kappa shape index (κ2) is 7.40. The van der Waals surface area contributed by atoms with Gasteiger partial charge in [0, 0.05) is 16.9 Å². The summed E-state index contributed by atoms with van der Waals surface area (Å²) in [6.07, 6.45) is 2.79. The fraction of sp³-hybridized carbons (Fsp3) is 0.435. The summed E-state index contributed by atoms with van der Waals surface area (Å²) in [6.45, 7) is 8.64. The Bertz CT molecular complexity index is 824. The zero-order chi connectivity index (χ0) is 19.8. The zero-order valence-corrected chi connectivity index (χ0v) is 17.5. The Morgan fingerprint density at radius 2 is 1.81 bits per heavy atom. The van der Waals surface area contributed by atoms with Gasteiger partial charge < -0.3 is 4.74 Å². The Hall–Kier alpha value is -1.65. The number of hydrogen-bond donors (Lipinski definition) is 0. The van der Waals surface area contributed by atoms with Crippen LogP contribution in [-0.2, 0) is 10.5 Å². The molecular formula is C23H27FO2S. The highest BCUT2D eigenvalue weighted by molar-refractivity contribution is 7.97. The number of rotatable bonds is 5. The van der Waals surface area contributed by atoms with Crippen molar-refractivity contribution in [2.24, 2.45) is 5.41 Å². The largest absolute Gasteiger partial charge is 0.367 e. The van der Waals surface area contributed by atoms with Crippen molar-refractivity contribution < 1.29 is 13.9 Å². The van der Waals surface area contributed by atoms with Crippen LogP contribution >= 0.6 is 11.8 Å². The quantitative estimate of drug-likeness (QED) is 0.574. The summed E-state index contributed by atoms with van der Waals surface area (Å²) in [5.41, 5.74) is 2.98. The van der Waals surface area contributed by atoms with E-state index in [4.69, 9.17) is 4.74 Å². The van der Waals surface area contributed by atoms with Gasteiger partial charge in [-0.05, 0) is 67.3 Å². The maximum atomic E-state index is 13.3. The molecule has 0 amide bonds. The lowest BCUT2D eigenvalue weighted by atomic mass is 9.75. The molecule has 2 aromatic rings. The Morgan fingerprint density at radius 1 is 1.15 bits per heavy atom. The predicted molar refractivity (Wildman–Crippen MR) is 110 cm³/mol. The number of thioether (sulfide) groups is 1. The summed E-state index contributed by atoms with van der Waals surface area (Å²) in [5, 5.41) is 0. The van der Waals surface area contributed by atoms with Crippen molar-refractivity contribution in [2.45, 2.75) is 51.6 Å². The number of benzene rings is 2. The predicted octanol–water partition coefficient (Wildman–Crippen LogP) is 6.19. The van der Waals surface area contributed by atoms with E-state index in [1.165, 1.54) is 17.7 Å². The first kappa shape index (κ1) is 20.1. The van der Waals surface area contributed by atoms with E-state index in [0.29, 0.717) is 11.1 Å². The first-order chi connectivity index (χ1) is 12.6. The lowest BCUT2D eigenvalue weighted by Crippen LogP contribution is -2.34. The molecule has 0 aromatic heterocycles. The Balaban J connectivity index is 2.04. The Labute approximate surface area is 165 Å². The summed E-state index contributed by atoms with van der Waals surface area (Å²) < 4.78 is 19.7. The lowest BCUT2D eigenvalue weighted by molar-refractivity contribution is -0.0524. The third kappa shape index (κ3) is 3.97. The zero-order valence-electron chi connectivity index (χ0n) is 16.6. The van der Waals surface area contributed by atoms with Crippen LogP contribution in [0.1, 0.15) is 67.3 Å². The number of halogens is 1. The molecular weight excluding hydrogens is 359 g/mol. The highest BCUT2D eigenvalue weighted by Crippen LogP contribution is 2.52. The molecule has 1 heterocycles. The summed E-state index contributed by atoms with van der Waals surface area (Å²) in [4.78, 5) is 13.1. The Kier molecular flexibility index (Phi) is 5.51. The van der Waals surface area contributed by atoms with Gasteiger partial charge >= 0.3 is 0 Å². The summed E-state index contributed by atoms with van der Waals surface area (Å²) in [7, 11) is 0. The highest BCUT2D eigenvalue weighted by Gasteiger charge is 2.48. The van der Waals surface area contributed by atoms with E-state index in [0.717, 1.165) is 17.7 Å². The van der Waals surface area contributed by atoms with Crippen molar-refractivity contribution in [2.75, 3.05) is 6.26 Å². The van der Waals surface area contributed by atoms with Crippen LogP contribution in [0.3, 0.4) is 0 Å². The molecule has 1 fully saturated rings. The van der Waals surface area contributed by atoms with Crippen molar-refractivity contribution in [3.63, 3.8) is 0 Å². The van der Waals surface area contributed by atoms with Crippen LogP contribution in [0.4, 0.5) is 4.39 Å². The van der Waals surface area contributed by atoms with Crippen LogP contribution in [0.5, 0.6) is 0 Å². The topological polar surface area (TPSA) is 26.3 Å². The molecule has 4 heteroatoms. The molecule has 1 saturated heterocycles. The van der Waals surface area contributed by atoms with Gasteiger partial charge in [-0.2, -0.15) is 11.8 Å². The van der Waals surface area contributed by atoms with E-state index < -0.39 is 0 Å². The molecule has 0 spiro atoms. The van der Waals surface area contributed by atoms with Gasteiger partial charge in [-0.1, -0.05) is 32.0 Å². The smallest absolute Gasteiger partial charge is 0.193 e. The molecule has 1 unspecified atom stereocenters. The number of carbonyl (C=O) groups excluding carboxylic acids is 1. The highest BCUT2D eigenvalue weighted by atomic mass is 32.2. The van der Waals surface area contributed by atoms with E-state index in [9.17, 15) is 9.18 Å². The van der Waals surface area contributed by atoms with Crippen LogP contribution in [-0.4, -0.2) is 17.6 Å². The average Bonchev–Trinajstić information content (AvgIpc) is 2.83. The standard InChI is InChI=1S/C23H27FO2S/c1-22(2)13-20(26-23(22,3)4)19-12-15(14-27-5)6-11-18(19)21(25)16-7-9-17(24)10-8-16/h6-12,20H,13-14H2,1-5H3. The van der Waals surface area contributed by atoms with Gasteiger partial charge in [0.15, 0.2) is 5.78 Å². The van der Waals surface area contributed by atoms with Crippen LogP contribution in [0.25, 0.3) is 0 Å². The normalized spacial score (nSPS) is 20.6. The van der Waals surface area contributed by atoms with E-state index in [2.05, 4.69) is 40.0 Å². The molecule has 0 N–H and O–H groups in total. The molecule has 3 rings (SSSR count). The fourth-order valence-electron chi connectivity index (χ4n) is 3.54. The first-order valence-electron chi connectivity index (χ1n) is 9.24. The lowest BCUT2D eigenvalue weighted by Gasteiger charge is -2.32. The van der Waals surface area contributed by atoms with Crippen LogP contribution < -0.4 is 0 Å². The van der Waals surface area contributed by atoms with Gasteiger partial charge in [-0.25, -0.2) is 4.39 Å². The number of hydrogen-bond acceptors (Lipinski definition) is 3. The molecule has 1 aliphatic heterocycles. The van der Waals surface area contributed by atoms with E-state index in [1.54, 1.807) is 23.9 Å². The van der Waals surface area contributed by atoms with Crippen LogP contribution in [0.15, 0.2) is 42.5 Å². The molecule has 1 aliphatic rings. The molecule has 1 atom stereocenters. The minimum absolute atomic E-state index is 0.00334. The third-order valence-electron chi connectivity index (χ3n) is 5.89. The first-order valence-corrected chi connectivity index (χ1v) is 10.6. The monoisotopic (exact) mass is 386 g/mol. The fourth-order valence-corrected chi connectivity index (χ4v) is 4.05. The maximum absolute atomic E-state index is 13.3. The van der Waals surface area contributed by atoms with Gasteiger partial charge in [0.05, 0.1) is 11.7 Å². The second-order valence-electron chi connectivity index (χ2n) is 8.40. The van der Waals surface area contributed by atoms with Gasteiger partial charge in [-0.15, -0.1) is 0 Å². The van der Waals surface area contributed by atoms with Gasteiger partial charge in [0.1, 0.15) is 5.82 Å². The van der Waals surface area contributed by atoms with Crippen molar-refractivity contribution >= 4 is 17.5 Å². The maximum Gasteiger partial charge on any atom is 0.193 e. The van der Waals surface area contributed by atoms with E-state index in [-0.39, 0.29) is 28.7 Å². The summed E-state index contributed by atoms with van der Waals surface area (Å²) in [5.74, 6) is 0.453. The van der Waals surface area contributed by atoms with Crippen molar-refractivity contribution in [3.05, 3.63) is 70.5 Å². The summed E-state index contributed by atoms with van der Waals surface area (Å²) >= 11 is 1.75. The van der Waals surface area contributed by atoms with Gasteiger partial charge in [0.25, 0.3) is 0 Å². The van der Waals surface area contributed by atoms with Gasteiger partial charge in [-0.3, -0.25) is 4.79 Å². The summed E-state index contributed by atoms with van der Waals surface area (Å²) in [6, 6.07) is 11.7. The molecule has 0 saturated carbocycles. The number of ether oxygens (including phenoxy) is 1. The van der Waals surface area contributed by atoms with E-state index in [1.807, 2.05) is 12.1 Å². The SMILES string of the molecule is CSCc1ccc(C(=O)c2ccc(F)cc2)c(C2CC(C)(C)C(C)(C)O2)c1. The molecule has 27 heavy (non-hydrogen) atoms. The third-order valence-corrected chi connectivity index (χ3v) is 6.51. The van der Waals surface area contributed by atoms with Crippen molar-refractivity contribution in [1.29, 1.82) is 0 Å². The van der Waals surface area contributed by atoms with Crippen LogP contribution in [0.2, 0.25) is 0 Å². The molecule has 0 radical (unpaired) electrons. The molecule has 2 aromatic carbocycles. The number of carbonyl (C=O) groups is 1. The minimum atomic E-state index is -0.343. The van der Waals surface area contributed by atoms with Crippen LogP contribution in [0, 0.1) is 11.2 Å². The second-order valence-corrected chi connectivity index (χ2v) is 9.26. The molecule has 144 valence electrons.